The van der Waals surface area contributed by atoms with Crippen LogP contribution in [0.5, 0.6) is 0 Å². The lowest BCUT2D eigenvalue weighted by molar-refractivity contribution is -0.385. The molecule has 0 heterocycles. The van der Waals surface area contributed by atoms with Crippen LogP contribution in [0.25, 0.3) is 0 Å². The lowest BCUT2D eigenvalue weighted by Crippen LogP contribution is -2.34. The first kappa shape index (κ1) is 20.3. The number of nitro groups is 1. The molecule has 140 valence electrons. The van der Waals surface area contributed by atoms with Gasteiger partial charge < -0.3 is 5.32 Å². The minimum absolute atomic E-state index is 0.0754. The monoisotopic (exact) mass is 408 g/mol. The summed E-state index contributed by atoms with van der Waals surface area (Å²) >= 11 is 11.9. The molecule has 2 amide bonds. The second-order valence-corrected chi connectivity index (χ2v) is 6.18. The van der Waals surface area contributed by atoms with Crippen LogP contribution in [0.4, 0.5) is 5.69 Å². The third-order valence-electron chi connectivity index (χ3n) is 3.46. The SMILES string of the molecule is Cc1ccc(C(=O)NCC(=O)N/N=C/c2c(Cl)cccc2Cl)cc1[N+](=O)[O-]. The number of nitro benzene ring substituents is 1. The number of carbonyl (C=O) groups excluding carboxylic acids is 2. The van der Waals surface area contributed by atoms with E-state index < -0.39 is 16.7 Å². The van der Waals surface area contributed by atoms with Crippen LogP contribution in [0.1, 0.15) is 21.5 Å². The average molecular weight is 409 g/mol. The van der Waals surface area contributed by atoms with Crippen molar-refractivity contribution in [2.75, 3.05) is 6.54 Å². The summed E-state index contributed by atoms with van der Waals surface area (Å²) < 4.78 is 0. The predicted octanol–water partition coefficient (Wildman–Crippen LogP) is 3.09. The van der Waals surface area contributed by atoms with E-state index in [2.05, 4.69) is 15.8 Å². The van der Waals surface area contributed by atoms with Gasteiger partial charge in [-0.1, -0.05) is 35.3 Å². The van der Waals surface area contributed by atoms with Crippen LogP contribution in [0, 0.1) is 17.0 Å². The van der Waals surface area contributed by atoms with Crippen LogP contribution in [-0.2, 0) is 4.79 Å². The van der Waals surface area contributed by atoms with Crippen molar-refractivity contribution in [2.24, 2.45) is 5.10 Å². The van der Waals surface area contributed by atoms with Gasteiger partial charge in [0.25, 0.3) is 17.5 Å². The molecule has 0 fully saturated rings. The van der Waals surface area contributed by atoms with E-state index in [4.69, 9.17) is 23.2 Å². The first-order valence-electron chi connectivity index (χ1n) is 7.58. The summed E-state index contributed by atoms with van der Waals surface area (Å²) in [5.74, 6) is -1.21. The van der Waals surface area contributed by atoms with E-state index in [0.717, 1.165) is 6.07 Å². The number of amides is 2. The molecule has 0 aliphatic carbocycles. The van der Waals surface area contributed by atoms with Crippen molar-refractivity contribution < 1.29 is 14.5 Å². The van der Waals surface area contributed by atoms with E-state index in [1.807, 2.05) is 0 Å². The van der Waals surface area contributed by atoms with Crippen LogP contribution < -0.4 is 10.7 Å². The summed E-state index contributed by atoms with van der Waals surface area (Å²) in [6, 6.07) is 8.97. The highest BCUT2D eigenvalue weighted by atomic mass is 35.5. The lowest BCUT2D eigenvalue weighted by atomic mass is 10.1. The predicted molar refractivity (Wildman–Crippen MR) is 102 cm³/mol. The Morgan fingerprint density at radius 2 is 1.89 bits per heavy atom. The molecule has 2 N–H and O–H groups in total. The third kappa shape index (κ3) is 5.50. The van der Waals surface area contributed by atoms with Gasteiger partial charge in [0.05, 0.1) is 27.7 Å². The summed E-state index contributed by atoms with van der Waals surface area (Å²) in [7, 11) is 0. The van der Waals surface area contributed by atoms with E-state index in [0.29, 0.717) is 21.2 Å². The smallest absolute Gasteiger partial charge is 0.273 e. The summed E-state index contributed by atoms with van der Waals surface area (Å²) in [5, 5.41) is 17.7. The van der Waals surface area contributed by atoms with Gasteiger partial charge >= 0.3 is 0 Å². The van der Waals surface area contributed by atoms with E-state index in [-0.39, 0.29) is 17.8 Å². The number of hydrogen-bond acceptors (Lipinski definition) is 5. The molecule has 0 spiro atoms. The molecule has 27 heavy (non-hydrogen) atoms. The van der Waals surface area contributed by atoms with E-state index in [1.54, 1.807) is 25.1 Å². The van der Waals surface area contributed by atoms with Crippen LogP contribution in [-0.4, -0.2) is 29.5 Å². The van der Waals surface area contributed by atoms with E-state index >= 15 is 0 Å². The van der Waals surface area contributed by atoms with Crippen LogP contribution in [0.3, 0.4) is 0 Å². The minimum atomic E-state index is -0.619. The molecule has 0 bridgehead atoms. The standard InChI is InChI=1S/C17H14Cl2N4O4/c1-10-5-6-11(7-15(10)23(26)27)17(25)20-9-16(24)22-21-8-12-13(18)3-2-4-14(12)19/h2-8H,9H2,1H3,(H,20,25)(H,22,24)/b21-8+. The topological polar surface area (TPSA) is 114 Å². The Kier molecular flexibility index (Phi) is 6.86. The van der Waals surface area contributed by atoms with Crippen molar-refractivity contribution in [3.8, 4) is 0 Å². The summed E-state index contributed by atoms with van der Waals surface area (Å²) in [4.78, 5) is 34.1. The summed E-state index contributed by atoms with van der Waals surface area (Å²) in [6.07, 6.45) is 1.29. The highest BCUT2D eigenvalue weighted by Gasteiger charge is 2.15. The fourth-order valence-corrected chi connectivity index (χ4v) is 2.55. The van der Waals surface area contributed by atoms with Crippen molar-refractivity contribution in [1.82, 2.24) is 10.7 Å². The molecule has 2 rings (SSSR count). The number of aryl methyl sites for hydroxylation is 1. The number of halogens is 2. The van der Waals surface area contributed by atoms with Crippen molar-refractivity contribution >= 4 is 46.9 Å². The number of hydrogen-bond donors (Lipinski definition) is 2. The Morgan fingerprint density at radius 3 is 2.52 bits per heavy atom. The molecule has 8 nitrogen and oxygen atoms in total. The van der Waals surface area contributed by atoms with Gasteiger partial charge in [-0.25, -0.2) is 5.43 Å². The first-order chi connectivity index (χ1) is 12.8. The number of hydrazone groups is 1. The third-order valence-corrected chi connectivity index (χ3v) is 4.12. The van der Waals surface area contributed by atoms with Crippen molar-refractivity contribution in [1.29, 1.82) is 0 Å². The number of carbonyl (C=O) groups is 2. The summed E-state index contributed by atoms with van der Waals surface area (Å²) in [5.41, 5.74) is 3.00. The van der Waals surface area contributed by atoms with E-state index in [1.165, 1.54) is 18.3 Å². The second kappa shape index (κ2) is 9.11. The summed E-state index contributed by atoms with van der Waals surface area (Å²) in [6.45, 7) is 1.20. The Bertz CT molecular complexity index is 911. The maximum absolute atomic E-state index is 12.0. The fraction of sp³-hybridized carbons (Fsp3) is 0.118. The molecule has 0 aliphatic rings. The first-order valence-corrected chi connectivity index (χ1v) is 8.34. The van der Waals surface area contributed by atoms with Gasteiger partial charge in [0.1, 0.15) is 0 Å². The van der Waals surface area contributed by atoms with Crippen LogP contribution in [0.2, 0.25) is 10.0 Å². The number of nitrogens with one attached hydrogen (secondary N) is 2. The maximum Gasteiger partial charge on any atom is 0.273 e. The highest BCUT2D eigenvalue weighted by molar-refractivity contribution is 6.38. The zero-order valence-electron chi connectivity index (χ0n) is 14.0. The molecule has 0 saturated carbocycles. The van der Waals surface area contributed by atoms with Crippen LogP contribution in [0.15, 0.2) is 41.5 Å². The highest BCUT2D eigenvalue weighted by Crippen LogP contribution is 2.22. The van der Waals surface area contributed by atoms with Gasteiger partial charge in [0.2, 0.25) is 0 Å². The van der Waals surface area contributed by atoms with Gasteiger partial charge in [-0.05, 0) is 25.1 Å². The number of rotatable bonds is 6. The molecule has 2 aromatic carbocycles. The van der Waals surface area contributed by atoms with Crippen molar-refractivity contribution in [3.63, 3.8) is 0 Å². The number of nitrogens with zero attached hydrogens (tertiary/aromatic N) is 2. The quantitative estimate of drug-likeness (QED) is 0.434. The Morgan fingerprint density at radius 1 is 1.22 bits per heavy atom. The molecule has 0 unspecified atom stereocenters. The van der Waals surface area contributed by atoms with Crippen LogP contribution >= 0.6 is 23.2 Å². The molecular formula is C17H14Cl2N4O4. The maximum atomic E-state index is 12.0. The zero-order chi connectivity index (χ0) is 20.0. The molecular weight excluding hydrogens is 395 g/mol. The normalized spacial score (nSPS) is 10.6. The lowest BCUT2D eigenvalue weighted by Gasteiger charge is -2.05. The largest absolute Gasteiger partial charge is 0.343 e. The molecule has 10 heteroatoms. The van der Waals surface area contributed by atoms with Gasteiger partial charge in [-0.2, -0.15) is 5.10 Å². The minimum Gasteiger partial charge on any atom is -0.343 e. The number of benzene rings is 2. The van der Waals surface area contributed by atoms with Gasteiger partial charge in [0, 0.05) is 22.8 Å². The molecule has 0 radical (unpaired) electrons. The average Bonchev–Trinajstić information content (AvgIpc) is 2.62. The molecule has 0 saturated heterocycles. The second-order valence-electron chi connectivity index (χ2n) is 5.37. The fourth-order valence-electron chi connectivity index (χ4n) is 2.05. The molecule has 0 atom stereocenters. The zero-order valence-corrected chi connectivity index (χ0v) is 15.5. The Balaban J connectivity index is 1.92. The Labute approximate surface area is 164 Å². The van der Waals surface area contributed by atoms with Gasteiger partial charge in [0.15, 0.2) is 0 Å². The molecule has 0 aromatic heterocycles. The molecule has 0 aliphatic heterocycles. The van der Waals surface area contributed by atoms with Crippen molar-refractivity contribution in [2.45, 2.75) is 6.92 Å². The molecule has 2 aromatic rings. The van der Waals surface area contributed by atoms with Gasteiger partial charge in [-0.3, -0.25) is 19.7 Å². The Hall–Kier alpha value is -2.97. The van der Waals surface area contributed by atoms with E-state index in [9.17, 15) is 19.7 Å². The van der Waals surface area contributed by atoms with Gasteiger partial charge in [-0.15, -0.1) is 0 Å². The van der Waals surface area contributed by atoms with Crippen molar-refractivity contribution in [3.05, 3.63) is 73.2 Å².